The predicted octanol–water partition coefficient (Wildman–Crippen LogP) is 3.29. The number of aromatic nitrogens is 2. The quantitative estimate of drug-likeness (QED) is 0.596. The lowest BCUT2D eigenvalue weighted by atomic mass is 10.1. The van der Waals surface area contributed by atoms with Gasteiger partial charge in [0.2, 0.25) is 15.9 Å². The Kier molecular flexibility index (Phi) is 6.12. The summed E-state index contributed by atoms with van der Waals surface area (Å²) < 4.78 is 60.6. The molecule has 0 radical (unpaired) electrons. The van der Waals surface area contributed by atoms with Gasteiger partial charge in [-0.25, -0.2) is 17.2 Å². The zero-order chi connectivity index (χ0) is 22.0. The number of halogens is 2. The van der Waals surface area contributed by atoms with Crippen LogP contribution < -0.4 is 0 Å². The highest BCUT2D eigenvalue weighted by Gasteiger charge is 2.36. The number of benzene rings is 2. The van der Waals surface area contributed by atoms with E-state index >= 15 is 0 Å². The summed E-state index contributed by atoms with van der Waals surface area (Å²) in [6, 6.07) is 11.7. The summed E-state index contributed by atoms with van der Waals surface area (Å²) in [6.45, 7) is 3.03. The Morgan fingerprint density at radius 2 is 1.90 bits per heavy atom. The Morgan fingerprint density at radius 1 is 1.13 bits per heavy atom. The molecule has 10 heteroatoms. The van der Waals surface area contributed by atoms with E-state index in [-0.39, 0.29) is 13.1 Å². The molecule has 0 spiro atoms. The van der Waals surface area contributed by atoms with Crippen molar-refractivity contribution in [3.63, 3.8) is 0 Å². The van der Waals surface area contributed by atoms with E-state index in [1.54, 1.807) is 6.92 Å². The lowest BCUT2D eigenvalue weighted by molar-refractivity contribution is 0.155. The molecule has 164 valence electrons. The van der Waals surface area contributed by atoms with Crippen LogP contribution in [0.2, 0.25) is 0 Å². The van der Waals surface area contributed by atoms with E-state index in [9.17, 15) is 17.2 Å². The van der Waals surface area contributed by atoms with Gasteiger partial charge in [-0.2, -0.15) is 9.29 Å². The van der Waals surface area contributed by atoms with Crippen molar-refractivity contribution in [1.82, 2.24) is 19.3 Å². The molecule has 1 saturated heterocycles. The molecule has 0 saturated carbocycles. The zero-order valence-corrected chi connectivity index (χ0v) is 17.7. The predicted molar refractivity (Wildman–Crippen MR) is 108 cm³/mol. The van der Waals surface area contributed by atoms with Crippen molar-refractivity contribution in [1.29, 1.82) is 0 Å². The smallest absolute Gasteiger partial charge is 0.246 e. The van der Waals surface area contributed by atoms with Crippen LogP contribution in [-0.4, -0.2) is 47.4 Å². The second-order valence-electron chi connectivity index (χ2n) is 7.44. The van der Waals surface area contributed by atoms with Gasteiger partial charge in [-0.05, 0) is 31.0 Å². The van der Waals surface area contributed by atoms with Crippen molar-refractivity contribution in [2.75, 3.05) is 19.6 Å². The van der Waals surface area contributed by atoms with Gasteiger partial charge in [0.1, 0.15) is 22.6 Å². The Morgan fingerprint density at radius 3 is 2.58 bits per heavy atom. The van der Waals surface area contributed by atoms with Gasteiger partial charge in [0, 0.05) is 32.2 Å². The van der Waals surface area contributed by atoms with Crippen LogP contribution in [0.4, 0.5) is 8.78 Å². The standard InChI is InChI=1S/C21H22F2N4O3S/c1-15-24-21(30-25-15)19-14-27(31(28,29)20-9-8-17(22)12-18(20)23)11-5-10-26(19)13-16-6-3-2-4-7-16/h2-4,6-9,12,19H,5,10-11,13-14H2,1H3. The molecule has 1 aliphatic heterocycles. The fourth-order valence-electron chi connectivity index (χ4n) is 3.74. The van der Waals surface area contributed by atoms with E-state index in [2.05, 4.69) is 15.0 Å². The van der Waals surface area contributed by atoms with E-state index in [1.165, 1.54) is 4.31 Å². The van der Waals surface area contributed by atoms with Gasteiger partial charge < -0.3 is 4.52 Å². The summed E-state index contributed by atoms with van der Waals surface area (Å²) in [4.78, 5) is 5.85. The minimum atomic E-state index is -4.19. The van der Waals surface area contributed by atoms with Crippen molar-refractivity contribution >= 4 is 10.0 Å². The number of nitrogens with zero attached hydrogens (tertiary/aromatic N) is 4. The molecule has 1 aromatic heterocycles. The van der Waals surface area contributed by atoms with Crippen LogP contribution in [0.1, 0.15) is 29.7 Å². The minimum Gasteiger partial charge on any atom is -0.338 e. The Bertz CT molecular complexity index is 1150. The molecule has 1 fully saturated rings. The van der Waals surface area contributed by atoms with E-state index < -0.39 is 32.6 Å². The van der Waals surface area contributed by atoms with Crippen molar-refractivity contribution < 1.29 is 21.7 Å². The van der Waals surface area contributed by atoms with Gasteiger partial charge in [-0.3, -0.25) is 4.90 Å². The highest BCUT2D eigenvalue weighted by molar-refractivity contribution is 7.89. The van der Waals surface area contributed by atoms with Crippen LogP contribution in [0.5, 0.6) is 0 Å². The van der Waals surface area contributed by atoms with Crippen molar-refractivity contribution in [2.45, 2.75) is 30.8 Å². The molecule has 1 unspecified atom stereocenters. The highest BCUT2D eigenvalue weighted by Crippen LogP contribution is 2.30. The third-order valence-corrected chi connectivity index (χ3v) is 7.14. The van der Waals surface area contributed by atoms with Crippen LogP contribution >= 0.6 is 0 Å². The largest absolute Gasteiger partial charge is 0.338 e. The first-order chi connectivity index (χ1) is 14.8. The molecule has 4 rings (SSSR count). The van der Waals surface area contributed by atoms with Crippen molar-refractivity contribution in [3.8, 4) is 0 Å². The van der Waals surface area contributed by atoms with Crippen LogP contribution in [0, 0.1) is 18.6 Å². The van der Waals surface area contributed by atoms with E-state index in [0.29, 0.717) is 37.3 Å². The summed E-state index contributed by atoms with van der Waals surface area (Å²) in [5, 5.41) is 3.85. The monoisotopic (exact) mass is 448 g/mol. The van der Waals surface area contributed by atoms with E-state index in [0.717, 1.165) is 17.7 Å². The number of hydrogen-bond acceptors (Lipinski definition) is 6. The fourth-order valence-corrected chi connectivity index (χ4v) is 5.27. The lowest BCUT2D eigenvalue weighted by Crippen LogP contribution is -2.38. The van der Waals surface area contributed by atoms with Crippen molar-refractivity contribution in [2.24, 2.45) is 0 Å². The average Bonchev–Trinajstić information content (AvgIpc) is 3.04. The maximum absolute atomic E-state index is 14.3. The first kappa shape index (κ1) is 21.5. The minimum absolute atomic E-state index is 0.00756. The molecule has 0 amide bonds. The summed E-state index contributed by atoms with van der Waals surface area (Å²) in [5.41, 5.74) is 1.06. The zero-order valence-electron chi connectivity index (χ0n) is 16.9. The van der Waals surface area contributed by atoms with Crippen LogP contribution in [0.15, 0.2) is 57.9 Å². The van der Waals surface area contributed by atoms with E-state index in [4.69, 9.17) is 4.52 Å². The highest BCUT2D eigenvalue weighted by atomic mass is 32.2. The van der Waals surface area contributed by atoms with Crippen LogP contribution in [0.3, 0.4) is 0 Å². The van der Waals surface area contributed by atoms with Gasteiger partial charge in [-0.15, -0.1) is 0 Å². The summed E-state index contributed by atoms with van der Waals surface area (Å²) in [6.07, 6.45) is 0.526. The second-order valence-corrected chi connectivity index (χ2v) is 9.35. The lowest BCUT2D eigenvalue weighted by Gasteiger charge is -2.29. The molecule has 0 bridgehead atoms. The van der Waals surface area contributed by atoms with Gasteiger partial charge in [0.25, 0.3) is 0 Å². The Labute approximate surface area is 179 Å². The van der Waals surface area contributed by atoms with Crippen LogP contribution in [0.25, 0.3) is 0 Å². The number of rotatable bonds is 5. The summed E-state index contributed by atoms with van der Waals surface area (Å²) >= 11 is 0. The molecular formula is C21H22F2N4O3S. The molecule has 0 aliphatic carbocycles. The average molecular weight is 448 g/mol. The maximum atomic E-state index is 14.3. The number of aryl methyl sites for hydroxylation is 1. The van der Waals surface area contributed by atoms with E-state index in [1.807, 2.05) is 30.3 Å². The molecular weight excluding hydrogens is 426 g/mol. The van der Waals surface area contributed by atoms with Gasteiger partial charge in [0.05, 0.1) is 0 Å². The van der Waals surface area contributed by atoms with Crippen LogP contribution in [-0.2, 0) is 16.6 Å². The van der Waals surface area contributed by atoms with Crippen molar-refractivity contribution in [3.05, 3.63) is 77.4 Å². The molecule has 3 aromatic rings. The third-order valence-electron chi connectivity index (χ3n) is 5.24. The Hall–Kier alpha value is -2.69. The molecule has 2 aromatic carbocycles. The Balaban J connectivity index is 1.67. The van der Waals surface area contributed by atoms with Gasteiger partial charge >= 0.3 is 0 Å². The summed E-state index contributed by atoms with van der Waals surface area (Å²) in [7, 11) is -4.19. The van der Waals surface area contributed by atoms with Gasteiger partial charge in [-0.1, -0.05) is 35.5 Å². The molecule has 2 heterocycles. The maximum Gasteiger partial charge on any atom is 0.246 e. The number of sulfonamides is 1. The second kappa shape index (κ2) is 8.81. The topological polar surface area (TPSA) is 79.5 Å². The molecule has 0 N–H and O–H groups in total. The van der Waals surface area contributed by atoms with Gasteiger partial charge in [0.15, 0.2) is 5.82 Å². The number of hydrogen-bond donors (Lipinski definition) is 0. The first-order valence-electron chi connectivity index (χ1n) is 9.88. The molecule has 1 aliphatic rings. The fraction of sp³-hybridized carbons (Fsp3) is 0.333. The molecule has 7 nitrogen and oxygen atoms in total. The summed E-state index contributed by atoms with van der Waals surface area (Å²) in [5.74, 6) is -1.20. The molecule has 1 atom stereocenters. The SMILES string of the molecule is Cc1noc(C2CN(S(=O)(=O)c3ccc(F)cc3F)CCCN2Cc2ccccc2)n1. The normalized spacial score (nSPS) is 18.7. The third kappa shape index (κ3) is 4.65. The first-order valence-corrected chi connectivity index (χ1v) is 11.3. The molecule has 31 heavy (non-hydrogen) atoms.